The van der Waals surface area contributed by atoms with Crippen LogP contribution in [0.25, 0.3) is 0 Å². The van der Waals surface area contributed by atoms with Crippen molar-refractivity contribution in [2.24, 2.45) is 11.7 Å². The van der Waals surface area contributed by atoms with Crippen LogP contribution in [0, 0.1) is 5.92 Å². The third kappa shape index (κ3) is 1.64. The first-order valence-corrected chi connectivity index (χ1v) is 5.27. The van der Waals surface area contributed by atoms with Crippen LogP contribution in [0.5, 0.6) is 0 Å². The van der Waals surface area contributed by atoms with Gasteiger partial charge in [-0.3, -0.25) is 4.79 Å². The second-order valence-electron chi connectivity index (χ2n) is 4.71. The van der Waals surface area contributed by atoms with Gasteiger partial charge in [0.15, 0.2) is 0 Å². The van der Waals surface area contributed by atoms with E-state index in [0.717, 1.165) is 19.3 Å². The molecule has 2 heterocycles. The SMILES string of the molecule is CN1C2CC(N)CC1C(CC(=O)O)C2. The molecular formula is C10H18N2O2. The number of piperidine rings is 1. The van der Waals surface area contributed by atoms with Gasteiger partial charge in [0.1, 0.15) is 0 Å². The van der Waals surface area contributed by atoms with E-state index in [1.807, 2.05) is 0 Å². The Kier molecular flexibility index (Phi) is 2.49. The highest BCUT2D eigenvalue weighted by Gasteiger charge is 2.44. The number of hydrogen-bond acceptors (Lipinski definition) is 3. The molecule has 4 unspecified atom stereocenters. The van der Waals surface area contributed by atoms with Crippen molar-refractivity contribution in [1.29, 1.82) is 0 Å². The maximum atomic E-state index is 10.7. The highest BCUT2D eigenvalue weighted by molar-refractivity contribution is 5.67. The van der Waals surface area contributed by atoms with E-state index in [9.17, 15) is 4.79 Å². The summed E-state index contributed by atoms with van der Waals surface area (Å²) in [5.74, 6) is -0.361. The van der Waals surface area contributed by atoms with Gasteiger partial charge in [-0.2, -0.15) is 0 Å². The number of nitrogens with two attached hydrogens (primary N) is 1. The van der Waals surface area contributed by atoms with Gasteiger partial charge in [0, 0.05) is 24.5 Å². The van der Waals surface area contributed by atoms with Crippen molar-refractivity contribution in [2.45, 2.75) is 43.8 Å². The average Bonchev–Trinajstić information content (AvgIpc) is 2.30. The van der Waals surface area contributed by atoms with Gasteiger partial charge < -0.3 is 15.7 Å². The van der Waals surface area contributed by atoms with E-state index >= 15 is 0 Å². The smallest absolute Gasteiger partial charge is 0.303 e. The highest BCUT2D eigenvalue weighted by Crippen LogP contribution is 2.39. The molecule has 0 amide bonds. The molecule has 3 N–H and O–H groups in total. The summed E-state index contributed by atoms with van der Waals surface area (Å²) in [5.41, 5.74) is 5.94. The van der Waals surface area contributed by atoms with Crippen LogP contribution in [0.4, 0.5) is 0 Å². The van der Waals surface area contributed by atoms with Gasteiger partial charge in [-0.05, 0) is 32.2 Å². The number of hydrogen-bond donors (Lipinski definition) is 2. The Bertz CT molecular complexity index is 244. The Hall–Kier alpha value is -0.610. The third-order valence-electron chi connectivity index (χ3n) is 3.77. The van der Waals surface area contributed by atoms with Crippen LogP contribution >= 0.6 is 0 Å². The molecule has 2 aliphatic rings. The summed E-state index contributed by atoms with van der Waals surface area (Å²) < 4.78 is 0. The fraction of sp³-hybridized carbons (Fsp3) is 0.900. The van der Waals surface area contributed by atoms with Crippen LogP contribution in [-0.2, 0) is 4.79 Å². The third-order valence-corrected chi connectivity index (χ3v) is 3.77. The van der Waals surface area contributed by atoms with E-state index in [0.29, 0.717) is 24.4 Å². The van der Waals surface area contributed by atoms with Crippen molar-refractivity contribution in [1.82, 2.24) is 4.90 Å². The molecule has 4 nitrogen and oxygen atoms in total. The zero-order chi connectivity index (χ0) is 10.3. The zero-order valence-corrected chi connectivity index (χ0v) is 8.52. The fourth-order valence-corrected chi connectivity index (χ4v) is 3.10. The average molecular weight is 198 g/mol. The van der Waals surface area contributed by atoms with Crippen LogP contribution in [0.3, 0.4) is 0 Å². The van der Waals surface area contributed by atoms with Gasteiger partial charge in [0.2, 0.25) is 0 Å². The van der Waals surface area contributed by atoms with E-state index in [4.69, 9.17) is 10.8 Å². The molecule has 2 fully saturated rings. The van der Waals surface area contributed by atoms with Crippen molar-refractivity contribution >= 4 is 5.97 Å². The molecule has 0 radical (unpaired) electrons. The fourth-order valence-electron chi connectivity index (χ4n) is 3.10. The summed E-state index contributed by atoms with van der Waals surface area (Å²) in [6.45, 7) is 0. The normalized spacial score (nSPS) is 42.7. The Morgan fingerprint density at radius 3 is 2.86 bits per heavy atom. The summed E-state index contributed by atoms with van der Waals surface area (Å²) in [4.78, 5) is 13.0. The molecule has 80 valence electrons. The molecule has 0 saturated carbocycles. The maximum absolute atomic E-state index is 10.7. The molecule has 2 bridgehead atoms. The Balaban J connectivity index is 2.05. The number of nitrogens with zero attached hydrogens (tertiary/aromatic N) is 1. The summed E-state index contributed by atoms with van der Waals surface area (Å²) in [5, 5.41) is 8.80. The standard InChI is InChI=1S/C10H18N2O2/c1-12-8-2-6(3-10(13)14)9(12)5-7(11)4-8/h6-9H,2-5,11H2,1H3,(H,13,14). The minimum Gasteiger partial charge on any atom is -0.481 e. The molecule has 2 aliphatic heterocycles. The first-order chi connectivity index (χ1) is 6.58. The molecule has 2 saturated heterocycles. The van der Waals surface area contributed by atoms with E-state index in [1.165, 1.54) is 0 Å². The molecule has 4 heteroatoms. The molecular weight excluding hydrogens is 180 g/mol. The molecule has 0 aliphatic carbocycles. The monoisotopic (exact) mass is 198 g/mol. The number of carbonyl (C=O) groups is 1. The van der Waals surface area contributed by atoms with Gasteiger partial charge in [-0.1, -0.05) is 0 Å². The summed E-state index contributed by atoms with van der Waals surface area (Å²) in [6, 6.07) is 1.20. The molecule has 0 spiro atoms. The second-order valence-corrected chi connectivity index (χ2v) is 4.71. The molecule has 14 heavy (non-hydrogen) atoms. The Morgan fingerprint density at radius 2 is 2.21 bits per heavy atom. The van der Waals surface area contributed by atoms with Crippen LogP contribution < -0.4 is 5.73 Å². The van der Waals surface area contributed by atoms with Crippen LogP contribution in [0.1, 0.15) is 25.7 Å². The van der Waals surface area contributed by atoms with Crippen molar-refractivity contribution in [3.05, 3.63) is 0 Å². The number of fused-ring (bicyclic) bond motifs is 2. The van der Waals surface area contributed by atoms with Gasteiger partial charge in [0.25, 0.3) is 0 Å². The van der Waals surface area contributed by atoms with Crippen LogP contribution in [-0.4, -0.2) is 41.1 Å². The van der Waals surface area contributed by atoms with Crippen LogP contribution in [0.2, 0.25) is 0 Å². The summed E-state index contributed by atoms with van der Waals surface area (Å²) in [6.07, 6.45) is 3.31. The largest absolute Gasteiger partial charge is 0.481 e. The quantitative estimate of drug-likeness (QED) is 0.668. The maximum Gasteiger partial charge on any atom is 0.303 e. The lowest BCUT2D eigenvalue weighted by molar-refractivity contribution is -0.138. The lowest BCUT2D eigenvalue weighted by Crippen LogP contribution is -2.46. The van der Waals surface area contributed by atoms with Crippen molar-refractivity contribution in [3.63, 3.8) is 0 Å². The molecule has 0 aromatic carbocycles. The number of carboxylic acids is 1. The topological polar surface area (TPSA) is 66.6 Å². The van der Waals surface area contributed by atoms with Gasteiger partial charge in [-0.15, -0.1) is 0 Å². The second kappa shape index (κ2) is 3.51. The minimum atomic E-state index is -0.676. The van der Waals surface area contributed by atoms with Crippen molar-refractivity contribution in [2.75, 3.05) is 7.05 Å². The predicted molar refractivity (Wildman–Crippen MR) is 52.9 cm³/mol. The zero-order valence-electron chi connectivity index (χ0n) is 8.52. The van der Waals surface area contributed by atoms with Gasteiger partial charge >= 0.3 is 5.97 Å². The Morgan fingerprint density at radius 1 is 1.50 bits per heavy atom. The molecule has 2 rings (SSSR count). The Labute approximate surface area is 84.1 Å². The predicted octanol–water partition coefficient (Wildman–Crippen LogP) is 0.271. The molecule has 0 aromatic heterocycles. The van der Waals surface area contributed by atoms with Gasteiger partial charge in [0.05, 0.1) is 0 Å². The van der Waals surface area contributed by atoms with E-state index in [2.05, 4.69) is 11.9 Å². The number of aliphatic carboxylic acids is 1. The first-order valence-electron chi connectivity index (χ1n) is 5.27. The van der Waals surface area contributed by atoms with E-state index < -0.39 is 5.97 Å². The van der Waals surface area contributed by atoms with Crippen LogP contribution in [0.15, 0.2) is 0 Å². The van der Waals surface area contributed by atoms with Gasteiger partial charge in [-0.25, -0.2) is 0 Å². The van der Waals surface area contributed by atoms with Crippen molar-refractivity contribution in [3.8, 4) is 0 Å². The first kappa shape index (κ1) is 9.93. The van der Waals surface area contributed by atoms with Crippen molar-refractivity contribution < 1.29 is 9.90 Å². The minimum absolute atomic E-state index is 0.278. The number of carboxylic acid groups (broad SMARTS) is 1. The number of rotatable bonds is 2. The lowest BCUT2D eigenvalue weighted by Gasteiger charge is -2.35. The summed E-state index contributed by atoms with van der Waals surface area (Å²) in [7, 11) is 2.10. The molecule has 0 aromatic rings. The highest BCUT2D eigenvalue weighted by atomic mass is 16.4. The molecule has 4 atom stereocenters. The lowest BCUT2D eigenvalue weighted by atomic mass is 9.93. The van der Waals surface area contributed by atoms with E-state index in [-0.39, 0.29) is 6.04 Å². The van der Waals surface area contributed by atoms with E-state index in [1.54, 1.807) is 0 Å². The summed E-state index contributed by atoms with van der Waals surface area (Å²) >= 11 is 0.